The summed E-state index contributed by atoms with van der Waals surface area (Å²) in [5.74, 6) is -0.316. The number of hydrogen-bond acceptors (Lipinski definition) is 3. The summed E-state index contributed by atoms with van der Waals surface area (Å²) in [4.78, 5) is 27.2. The Morgan fingerprint density at radius 1 is 1.23 bits per heavy atom. The topological polar surface area (TPSA) is 88.0 Å². The van der Waals surface area contributed by atoms with E-state index >= 15 is 0 Å². The fraction of sp³-hybridized carbons (Fsp3) is 0.375. The van der Waals surface area contributed by atoms with Gasteiger partial charge in [-0.1, -0.05) is 15.9 Å². The van der Waals surface area contributed by atoms with Gasteiger partial charge in [0.15, 0.2) is 0 Å². The van der Waals surface area contributed by atoms with Crippen molar-refractivity contribution in [3.05, 3.63) is 44.7 Å². The Hall–Kier alpha value is -1.66. The molecule has 3 rings (SSSR count). The second-order valence-corrected chi connectivity index (χ2v) is 6.74. The van der Waals surface area contributed by atoms with Crippen LogP contribution in [0.25, 0.3) is 10.9 Å². The van der Waals surface area contributed by atoms with E-state index in [-0.39, 0.29) is 29.1 Å². The smallest absolute Gasteiger partial charge is 0.261 e. The number of carbonyl (C=O) groups is 1. The Balaban J connectivity index is 1.84. The first-order chi connectivity index (χ1) is 10.5. The number of rotatable bonds is 2. The number of H-pyrrole nitrogens is 1. The Morgan fingerprint density at radius 3 is 2.68 bits per heavy atom. The summed E-state index contributed by atoms with van der Waals surface area (Å²) in [6.07, 6.45) is 3.55. The molecule has 2 aromatic rings. The minimum Gasteiger partial charge on any atom is -0.349 e. The molecule has 0 radical (unpaired) electrons. The molecule has 1 saturated carbocycles. The van der Waals surface area contributed by atoms with Crippen LogP contribution in [0.2, 0.25) is 0 Å². The van der Waals surface area contributed by atoms with E-state index in [4.69, 9.17) is 5.73 Å². The number of aromatic nitrogens is 1. The van der Waals surface area contributed by atoms with Gasteiger partial charge in [-0.2, -0.15) is 0 Å². The van der Waals surface area contributed by atoms with E-state index in [9.17, 15) is 9.59 Å². The van der Waals surface area contributed by atoms with Crippen molar-refractivity contribution in [3.8, 4) is 0 Å². The predicted octanol–water partition coefficient (Wildman–Crippen LogP) is 2.29. The molecule has 1 fully saturated rings. The third kappa shape index (κ3) is 3.23. The van der Waals surface area contributed by atoms with Crippen LogP contribution in [0.15, 0.2) is 33.5 Å². The third-order valence-corrected chi connectivity index (χ3v) is 4.65. The van der Waals surface area contributed by atoms with Gasteiger partial charge in [0.1, 0.15) is 5.56 Å². The van der Waals surface area contributed by atoms with E-state index in [1.165, 1.54) is 0 Å². The summed E-state index contributed by atoms with van der Waals surface area (Å²) in [6.45, 7) is 0. The molecule has 0 atom stereocenters. The molecule has 116 valence electrons. The molecule has 1 aromatic carbocycles. The van der Waals surface area contributed by atoms with Crippen LogP contribution in [0.3, 0.4) is 0 Å². The lowest BCUT2D eigenvalue weighted by Gasteiger charge is -2.26. The molecule has 1 heterocycles. The minimum atomic E-state index is -0.361. The molecular formula is C16H18BrN3O2. The van der Waals surface area contributed by atoms with E-state index in [1.54, 1.807) is 6.07 Å². The summed E-state index contributed by atoms with van der Waals surface area (Å²) in [5, 5.41) is 3.77. The maximum Gasteiger partial charge on any atom is 0.261 e. The van der Waals surface area contributed by atoms with E-state index in [0.717, 1.165) is 35.5 Å². The Morgan fingerprint density at radius 2 is 1.95 bits per heavy atom. The lowest BCUT2D eigenvalue weighted by molar-refractivity contribution is 0.0924. The van der Waals surface area contributed by atoms with Gasteiger partial charge in [-0.15, -0.1) is 0 Å². The van der Waals surface area contributed by atoms with Gasteiger partial charge in [-0.3, -0.25) is 9.59 Å². The Labute approximate surface area is 136 Å². The van der Waals surface area contributed by atoms with Crippen LogP contribution in [-0.4, -0.2) is 23.0 Å². The van der Waals surface area contributed by atoms with Crippen molar-refractivity contribution in [1.29, 1.82) is 0 Å². The number of carbonyl (C=O) groups excluding carboxylic acids is 1. The fourth-order valence-corrected chi connectivity index (χ4v) is 3.25. The molecule has 4 N–H and O–H groups in total. The van der Waals surface area contributed by atoms with Crippen molar-refractivity contribution >= 4 is 32.7 Å². The highest BCUT2D eigenvalue weighted by Crippen LogP contribution is 2.19. The first kappa shape index (κ1) is 15.2. The number of nitrogens with one attached hydrogen (secondary N) is 2. The standard InChI is InChI=1S/C16H18BrN3O2/c17-10-1-6-14-9(7-10)8-13(16(22)20-14)15(21)19-12-4-2-11(18)3-5-12/h1,6-8,11-12H,2-5,18H2,(H,19,21)(H,20,22). The number of fused-ring (bicyclic) bond motifs is 1. The van der Waals surface area contributed by atoms with E-state index < -0.39 is 0 Å². The summed E-state index contributed by atoms with van der Waals surface area (Å²) in [6, 6.07) is 7.51. The zero-order valence-corrected chi connectivity index (χ0v) is 13.7. The van der Waals surface area contributed by atoms with Gasteiger partial charge in [0.25, 0.3) is 11.5 Å². The van der Waals surface area contributed by atoms with Crippen molar-refractivity contribution in [1.82, 2.24) is 10.3 Å². The molecule has 0 aliphatic heterocycles. The monoisotopic (exact) mass is 363 g/mol. The van der Waals surface area contributed by atoms with E-state index in [2.05, 4.69) is 26.2 Å². The number of halogens is 1. The van der Waals surface area contributed by atoms with Gasteiger partial charge in [-0.05, 0) is 49.9 Å². The number of benzene rings is 1. The minimum absolute atomic E-state index is 0.102. The first-order valence-corrected chi connectivity index (χ1v) is 8.21. The molecular weight excluding hydrogens is 346 g/mol. The van der Waals surface area contributed by atoms with Crippen LogP contribution in [0, 0.1) is 0 Å². The predicted molar refractivity (Wildman–Crippen MR) is 90.0 cm³/mol. The molecule has 0 bridgehead atoms. The molecule has 1 aliphatic carbocycles. The number of nitrogens with two attached hydrogens (primary N) is 1. The van der Waals surface area contributed by atoms with Crippen LogP contribution in [0.4, 0.5) is 0 Å². The van der Waals surface area contributed by atoms with Crippen molar-refractivity contribution in [2.24, 2.45) is 5.73 Å². The quantitative estimate of drug-likeness (QED) is 0.764. The number of pyridine rings is 1. The second-order valence-electron chi connectivity index (χ2n) is 5.83. The lowest BCUT2D eigenvalue weighted by Crippen LogP contribution is -2.41. The van der Waals surface area contributed by atoms with Crippen molar-refractivity contribution in [2.75, 3.05) is 0 Å². The normalized spacial score (nSPS) is 21.7. The summed E-state index contributed by atoms with van der Waals surface area (Å²) in [5.41, 5.74) is 6.38. The van der Waals surface area contributed by atoms with Gasteiger partial charge < -0.3 is 16.0 Å². The molecule has 0 saturated heterocycles. The zero-order chi connectivity index (χ0) is 15.7. The van der Waals surface area contributed by atoms with Crippen molar-refractivity contribution in [2.45, 2.75) is 37.8 Å². The average molecular weight is 364 g/mol. The second kappa shape index (κ2) is 6.22. The molecule has 0 unspecified atom stereocenters. The highest BCUT2D eigenvalue weighted by molar-refractivity contribution is 9.10. The molecule has 0 spiro atoms. The summed E-state index contributed by atoms with van der Waals surface area (Å²) < 4.78 is 0.902. The van der Waals surface area contributed by atoms with E-state index in [1.807, 2.05) is 18.2 Å². The molecule has 22 heavy (non-hydrogen) atoms. The first-order valence-electron chi connectivity index (χ1n) is 7.42. The fourth-order valence-electron chi connectivity index (χ4n) is 2.87. The van der Waals surface area contributed by atoms with Crippen molar-refractivity contribution < 1.29 is 4.79 Å². The lowest BCUT2D eigenvalue weighted by atomic mass is 9.91. The molecule has 6 heteroatoms. The molecule has 5 nitrogen and oxygen atoms in total. The van der Waals surface area contributed by atoms with Crippen LogP contribution >= 0.6 is 15.9 Å². The number of amides is 1. The molecule has 1 amide bonds. The van der Waals surface area contributed by atoms with Gasteiger partial charge >= 0.3 is 0 Å². The number of hydrogen-bond donors (Lipinski definition) is 3. The number of aromatic amines is 1. The third-order valence-electron chi connectivity index (χ3n) is 4.16. The van der Waals surface area contributed by atoms with Crippen LogP contribution in [0.1, 0.15) is 36.0 Å². The van der Waals surface area contributed by atoms with Gasteiger partial charge in [0, 0.05) is 27.5 Å². The average Bonchev–Trinajstić information content (AvgIpc) is 2.49. The van der Waals surface area contributed by atoms with E-state index in [0.29, 0.717) is 5.52 Å². The SMILES string of the molecule is NC1CCC(NC(=O)c2cc3cc(Br)ccc3[nH]c2=O)CC1. The Bertz CT molecular complexity index is 764. The molecule has 1 aromatic heterocycles. The zero-order valence-electron chi connectivity index (χ0n) is 12.1. The highest BCUT2D eigenvalue weighted by atomic mass is 79.9. The summed E-state index contributed by atoms with van der Waals surface area (Å²) >= 11 is 3.39. The van der Waals surface area contributed by atoms with Crippen LogP contribution < -0.4 is 16.6 Å². The Kier molecular flexibility index (Phi) is 4.31. The van der Waals surface area contributed by atoms with Crippen LogP contribution in [-0.2, 0) is 0 Å². The van der Waals surface area contributed by atoms with Crippen LogP contribution in [0.5, 0.6) is 0 Å². The highest BCUT2D eigenvalue weighted by Gasteiger charge is 2.21. The maximum absolute atomic E-state index is 12.4. The summed E-state index contributed by atoms with van der Waals surface area (Å²) in [7, 11) is 0. The maximum atomic E-state index is 12.4. The molecule has 1 aliphatic rings. The van der Waals surface area contributed by atoms with Gasteiger partial charge in [-0.25, -0.2) is 0 Å². The van der Waals surface area contributed by atoms with Gasteiger partial charge in [0.2, 0.25) is 0 Å². The van der Waals surface area contributed by atoms with Crippen molar-refractivity contribution in [3.63, 3.8) is 0 Å². The largest absolute Gasteiger partial charge is 0.349 e. The van der Waals surface area contributed by atoms with Gasteiger partial charge in [0.05, 0.1) is 0 Å².